The minimum absolute atomic E-state index is 0.0854. The fourth-order valence-electron chi connectivity index (χ4n) is 6.52. The number of amides is 2. The van der Waals surface area contributed by atoms with Crippen LogP contribution in [-0.4, -0.2) is 53.0 Å². The maximum atomic E-state index is 15.5. The molecule has 0 aliphatic heterocycles. The third-order valence-corrected chi connectivity index (χ3v) is 11.8. The van der Waals surface area contributed by atoms with Crippen LogP contribution in [0.1, 0.15) is 82.5 Å². The van der Waals surface area contributed by atoms with Crippen molar-refractivity contribution in [2.75, 3.05) is 4.72 Å². The molecule has 4 aromatic rings. The van der Waals surface area contributed by atoms with Crippen molar-refractivity contribution in [1.29, 1.82) is 5.26 Å². The Morgan fingerprint density at radius 1 is 0.947 bits per heavy atom. The van der Waals surface area contributed by atoms with Crippen LogP contribution >= 0.6 is 0 Å². The Bertz CT molecular complexity index is 2480. The maximum absolute atomic E-state index is 15.5. The molecule has 2 aliphatic carbocycles. The third-order valence-electron chi connectivity index (χ3n) is 10.4. The van der Waals surface area contributed by atoms with Gasteiger partial charge in [0.2, 0.25) is 0 Å². The third kappa shape index (κ3) is 8.81. The molecule has 0 radical (unpaired) electrons. The number of carbonyl (C=O) groups excluding carboxylic acids is 3. The summed E-state index contributed by atoms with van der Waals surface area (Å²) < 4.78 is 67.0. The van der Waals surface area contributed by atoms with Gasteiger partial charge in [-0.1, -0.05) is 18.6 Å². The number of ether oxygens (including phenoxy) is 1. The fraction of sp³-hybridized carbons (Fsp3) is 0.350. The number of anilines is 1. The van der Waals surface area contributed by atoms with Crippen molar-refractivity contribution < 1.29 is 36.3 Å². The number of halogens is 2. The molecule has 3 N–H and O–H groups in total. The lowest BCUT2D eigenvalue weighted by molar-refractivity contribution is -0.152. The van der Waals surface area contributed by atoms with Gasteiger partial charge in [0, 0.05) is 36.4 Å². The summed E-state index contributed by atoms with van der Waals surface area (Å²) in [5.74, 6) is -5.14. The molecule has 298 valence electrons. The first-order valence-corrected chi connectivity index (χ1v) is 19.8. The summed E-state index contributed by atoms with van der Waals surface area (Å²) >= 11 is 0. The van der Waals surface area contributed by atoms with E-state index in [1.807, 2.05) is 10.8 Å². The van der Waals surface area contributed by atoms with Gasteiger partial charge in [-0.3, -0.25) is 19.1 Å². The summed E-state index contributed by atoms with van der Waals surface area (Å²) in [6, 6.07) is 12.4. The standard InChI is InChI=1S/C40H40F2N6O8S/c1-23-24(2)47(3)39(53)48(37(23)51)27-13-9-25(10-14-27)19-34(38(52)56-28-7-5-4-6-8-28)44-36(50)30-20-32(42)33(21-31(30)41)46-57(54,55)29-15-11-26(12-16-29)35(49)45-40(22-43)17-18-40/h9-16,20-21,28,34,46H,4-8,17-19H2,1-3H3,(H,44,50)(H,45,49)/t34-/m0/s1. The zero-order chi connectivity index (χ0) is 41.2. The van der Waals surface area contributed by atoms with Crippen molar-refractivity contribution in [1.82, 2.24) is 19.8 Å². The summed E-state index contributed by atoms with van der Waals surface area (Å²) in [6.07, 6.45) is 4.39. The van der Waals surface area contributed by atoms with E-state index < -0.39 is 79.6 Å². The number of benzene rings is 3. The molecule has 0 spiro atoms. The van der Waals surface area contributed by atoms with Gasteiger partial charge < -0.3 is 19.9 Å². The Balaban J connectivity index is 1.19. The molecule has 3 aromatic carbocycles. The summed E-state index contributed by atoms with van der Waals surface area (Å²) in [7, 11) is -2.96. The van der Waals surface area contributed by atoms with E-state index in [0.29, 0.717) is 54.6 Å². The highest BCUT2D eigenvalue weighted by Gasteiger charge is 2.44. The largest absolute Gasteiger partial charge is 0.461 e. The minimum atomic E-state index is -4.51. The van der Waals surface area contributed by atoms with E-state index in [0.717, 1.165) is 36.0 Å². The van der Waals surface area contributed by atoms with E-state index in [9.17, 15) is 37.7 Å². The van der Waals surface area contributed by atoms with Gasteiger partial charge in [0.05, 0.1) is 27.9 Å². The molecule has 6 rings (SSSR count). The van der Waals surface area contributed by atoms with E-state index >= 15 is 8.78 Å². The molecule has 57 heavy (non-hydrogen) atoms. The van der Waals surface area contributed by atoms with Crippen molar-refractivity contribution in [3.8, 4) is 11.8 Å². The van der Waals surface area contributed by atoms with Crippen LogP contribution in [0.2, 0.25) is 0 Å². The van der Waals surface area contributed by atoms with E-state index in [4.69, 9.17) is 4.74 Å². The highest BCUT2D eigenvalue weighted by molar-refractivity contribution is 7.92. The number of hydrogen-bond donors (Lipinski definition) is 3. The Hall–Kier alpha value is -6.15. The molecular weight excluding hydrogens is 763 g/mol. The number of esters is 1. The number of nitrogens with one attached hydrogen (secondary N) is 3. The predicted octanol–water partition coefficient (Wildman–Crippen LogP) is 4.24. The first-order valence-electron chi connectivity index (χ1n) is 18.3. The molecule has 17 heteroatoms. The summed E-state index contributed by atoms with van der Waals surface area (Å²) in [5.41, 5.74) is -1.84. The fourth-order valence-corrected chi connectivity index (χ4v) is 7.58. The van der Waals surface area contributed by atoms with Gasteiger partial charge in [0.1, 0.15) is 29.3 Å². The van der Waals surface area contributed by atoms with Crippen molar-refractivity contribution in [3.63, 3.8) is 0 Å². The van der Waals surface area contributed by atoms with Crippen molar-refractivity contribution in [2.24, 2.45) is 7.05 Å². The lowest BCUT2D eigenvalue weighted by atomic mass is 9.97. The molecule has 1 aromatic heterocycles. The van der Waals surface area contributed by atoms with Crippen LogP contribution in [0.15, 0.2) is 75.1 Å². The smallest absolute Gasteiger partial charge is 0.335 e. The molecule has 2 amide bonds. The van der Waals surface area contributed by atoms with E-state index in [-0.39, 0.29) is 22.6 Å². The quantitative estimate of drug-likeness (QED) is 0.176. The van der Waals surface area contributed by atoms with Crippen LogP contribution in [0.4, 0.5) is 14.5 Å². The van der Waals surface area contributed by atoms with Crippen molar-refractivity contribution in [3.05, 3.63) is 121 Å². The zero-order valence-corrected chi connectivity index (χ0v) is 32.2. The number of rotatable bonds is 12. The van der Waals surface area contributed by atoms with Crippen LogP contribution in [-0.2, 0) is 33.0 Å². The van der Waals surface area contributed by atoms with Gasteiger partial charge in [-0.25, -0.2) is 31.4 Å². The van der Waals surface area contributed by atoms with Gasteiger partial charge in [-0.05, 0) is 100 Å². The van der Waals surface area contributed by atoms with Crippen LogP contribution in [0, 0.1) is 36.8 Å². The van der Waals surface area contributed by atoms with Crippen molar-refractivity contribution >= 4 is 33.5 Å². The summed E-state index contributed by atoms with van der Waals surface area (Å²) in [5, 5.41) is 14.2. The Morgan fingerprint density at radius 3 is 2.21 bits per heavy atom. The molecule has 1 atom stereocenters. The van der Waals surface area contributed by atoms with E-state index in [1.54, 1.807) is 33.0 Å². The second-order valence-electron chi connectivity index (χ2n) is 14.4. The van der Waals surface area contributed by atoms with Gasteiger partial charge >= 0.3 is 11.7 Å². The van der Waals surface area contributed by atoms with Crippen LogP contribution < -0.4 is 26.6 Å². The molecule has 0 saturated heterocycles. The molecule has 2 saturated carbocycles. The molecule has 14 nitrogen and oxygen atoms in total. The van der Waals surface area contributed by atoms with Crippen LogP contribution in [0.25, 0.3) is 5.69 Å². The molecule has 0 bridgehead atoms. The zero-order valence-electron chi connectivity index (χ0n) is 31.4. The number of sulfonamides is 1. The predicted molar refractivity (Wildman–Crippen MR) is 203 cm³/mol. The first kappa shape index (κ1) is 40.5. The Labute approximate surface area is 326 Å². The molecule has 0 unspecified atom stereocenters. The maximum Gasteiger partial charge on any atom is 0.335 e. The van der Waals surface area contributed by atoms with Crippen molar-refractivity contribution in [2.45, 2.75) is 87.8 Å². The number of nitriles is 1. The molecule has 1 heterocycles. The number of aromatic nitrogens is 2. The van der Waals surface area contributed by atoms with Gasteiger partial charge in [-0.2, -0.15) is 5.26 Å². The van der Waals surface area contributed by atoms with E-state index in [1.165, 1.54) is 28.8 Å². The average Bonchev–Trinajstić information content (AvgIpc) is 3.97. The minimum Gasteiger partial charge on any atom is -0.461 e. The highest BCUT2D eigenvalue weighted by atomic mass is 32.2. The SMILES string of the molecule is Cc1c(C)n(C)c(=O)n(-c2ccc(C[C@H](NC(=O)c3cc(F)c(NS(=O)(=O)c4ccc(C(=O)NC5(C#N)CC5)cc4)cc3F)C(=O)OC3CCCCC3)cc2)c1=O. The average molecular weight is 803 g/mol. The summed E-state index contributed by atoms with van der Waals surface area (Å²) in [6.45, 7) is 3.28. The topological polar surface area (TPSA) is 198 Å². The monoisotopic (exact) mass is 802 g/mol. The van der Waals surface area contributed by atoms with Crippen LogP contribution in [0.3, 0.4) is 0 Å². The van der Waals surface area contributed by atoms with E-state index in [2.05, 4.69) is 10.6 Å². The van der Waals surface area contributed by atoms with Crippen LogP contribution in [0.5, 0.6) is 0 Å². The Morgan fingerprint density at radius 2 is 1.60 bits per heavy atom. The van der Waals surface area contributed by atoms with Gasteiger partial charge in [0.15, 0.2) is 0 Å². The molecule has 2 aliphatic rings. The highest BCUT2D eigenvalue weighted by Crippen LogP contribution is 2.34. The second-order valence-corrected chi connectivity index (χ2v) is 16.1. The number of carbonyl (C=O) groups is 3. The first-order chi connectivity index (χ1) is 27.0. The lowest BCUT2D eigenvalue weighted by Crippen LogP contribution is -2.45. The molecule has 2 fully saturated rings. The Kier molecular flexibility index (Phi) is 11.5. The lowest BCUT2D eigenvalue weighted by Gasteiger charge is -2.25. The second kappa shape index (κ2) is 16.1. The van der Waals surface area contributed by atoms with Gasteiger partial charge in [0.25, 0.3) is 27.4 Å². The number of nitrogens with zero attached hydrogens (tertiary/aromatic N) is 3. The normalized spacial score (nSPS) is 15.5. The molecular formula is C40H40F2N6O8S. The van der Waals surface area contributed by atoms with Gasteiger partial charge in [-0.15, -0.1) is 0 Å². The summed E-state index contributed by atoms with van der Waals surface area (Å²) in [4.78, 5) is 65.0. The number of hydrogen-bond acceptors (Lipinski definition) is 9.